The van der Waals surface area contributed by atoms with Crippen LogP contribution < -0.4 is 4.72 Å². The second kappa shape index (κ2) is 3.25. The van der Waals surface area contributed by atoms with E-state index in [2.05, 4.69) is 4.72 Å². The Morgan fingerprint density at radius 3 is 2.79 bits per heavy atom. The lowest BCUT2D eigenvalue weighted by Gasteiger charge is -2.04. The highest BCUT2D eigenvalue weighted by Gasteiger charge is 2.06. The average Bonchev–Trinajstić information content (AvgIpc) is 2.49. The van der Waals surface area contributed by atoms with E-state index in [-0.39, 0.29) is 0 Å². The van der Waals surface area contributed by atoms with E-state index in [1.165, 1.54) is 11.3 Å². The highest BCUT2D eigenvalue weighted by atomic mass is 32.2. The van der Waals surface area contributed by atoms with Crippen molar-refractivity contribution in [3.8, 4) is 0 Å². The van der Waals surface area contributed by atoms with E-state index >= 15 is 0 Å². The summed E-state index contributed by atoms with van der Waals surface area (Å²) in [5, 5.41) is 3.00. The van der Waals surface area contributed by atoms with Crippen LogP contribution in [0.25, 0.3) is 10.1 Å². The van der Waals surface area contributed by atoms with Crippen molar-refractivity contribution in [2.75, 3.05) is 11.0 Å². The zero-order valence-electron chi connectivity index (χ0n) is 7.52. The van der Waals surface area contributed by atoms with Crippen LogP contribution in [0, 0.1) is 0 Å². The SMILES string of the molecule is CS(=O)(=O)Nc1cccc2ccsc12. The fraction of sp³-hybridized carbons (Fsp3) is 0.111. The molecule has 74 valence electrons. The van der Waals surface area contributed by atoms with Gasteiger partial charge in [-0.15, -0.1) is 11.3 Å². The van der Waals surface area contributed by atoms with E-state index in [0.29, 0.717) is 5.69 Å². The van der Waals surface area contributed by atoms with Crippen molar-refractivity contribution in [1.29, 1.82) is 0 Å². The van der Waals surface area contributed by atoms with Crippen LogP contribution in [0.3, 0.4) is 0 Å². The predicted octanol–water partition coefficient (Wildman–Crippen LogP) is 2.27. The fourth-order valence-electron chi connectivity index (χ4n) is 1.27. The van der Waals surface area contributed by atoms with Gasteiger partial charge in [-0.05, 0) is 22.9 Å². The van der Waals surface area contributed by atoms with Gasteiger partial charge in [0.25, 0.3) is 0 Å². The third kappa shape index (κ3) is 1.88. The van der Waals surface area contributed by atoms with Gasteiger partial charge in [0.15, 0.2) is 0 Å². The summed E-state index contributed by atoms with van der Waals surface area (Å²) < 4.78 is 25.6. The summed E-state index contributed by atoms with van der Waals surface area (Å²) in [6, 6.07) is 7.52. The maximum Gasteiger partial charge on any atom is 0.229 e. The first-order valence-corrected chi connectivity index (χ1v) is 6.77. The Morgan fingerprint density at radius 1 is 1.29 bits per heavy atom. The summed E-state index contributed by atoms with van der Waals surface area (Å²) in [6.07, 6.45) is 1.15. The van der Waals surface area contributed by atoms with Crippen LogP contribution in [0.15, 0.2) is 29.6 Å². The molecule has 0 saturated heterocycles. The van der Waals surface area contributed by atoms with Crippen LogP contribution in [0.2, 0.25) is 0 Å². The van der Waals surface area contributed by atoms with E-state index in [1.807, 2.05) is 23.6 Å². The normalized spacial score (nSPS) is 11.8. The van der Waals surface area contributed by atoms with Gasteiger partial charge < -0.3 is 0 Å². The molecule has 0 atom stereocenters. The molecule has 2 rings (SSSR count). The summed E-state index contributed by atoms with van der Waals surface area (Å²) in [5.74, 6) is 0. The smallest absolute Gasteiger partial charge is 0.229 e. The molecule has 14 heavy (non-hydrogen) atoms. The summed E-state index contributed by atoms with van der Waals surface area (Å²) >= 11 is 1.53. The summed E-state index contributed by atoms with van der Waals surface area (Å²) in [6.45, 7) is 0. The first kappa shape index (κ1) is 9.48. The number of thiophene rings is 1. The van der Waals surface area contributed by atoms with Gasteiger partial charge in [-0.1, -0.05) is 12.1 Å². The Hall–Kier alpha value is -1.07. The number of hydrogen-bond donors (Lipinski definition) is 1. The van der Waals surface area contributed by atoms with E-state index < -0.39 is 10.0 Å². The first-order valence-electron chi connectivity index (χ1n) is 4.00. The van der Waals surface area contributed by atoms with Crippen LogP contribution >= 0.6 is 11.3 Å². The van der Waals surface area contributed by atoms with E-state index in [4.69, 9.17) is 0 Å². The molecular weight excluding hydrogens is 218 g/mol. The van der Waals surface area contributed by atoms with Crippen molar-refractivity contribution >= 4 is 37.1 Å². The largest absolute Gasteiger partial charge is 0.282 e. The van der Waals surface area contributed by atoms with Gasteiger partial charge in [-0.2, -0.15) is 0 Å². The van der Waals surface area contributed by atoms with Crippen molar-refractivity contribution in [3.05, 3.63) is 29.6 Å². The predicted molar refractivity (Wildman–Crippen MR) is 60.3 cm³/mol. The van der Waals surface area contributed by atoms with Gasteiger partial charge >= 0.3 is 0 Å². The Bertz CT molecular complexity index is 557. The summed E-state index contributed by atoms with van der Waals surface area (Å²) in [5.41, 5.74) is 0.653. The van der Waals surface area contributed by atoms with Gasteiger partial charge in [0.2, 0.25) is 10.0 Å². The quantitative estimate of drug-likeness (QED) is 0.855. The third-order valence-electron chi connectivity index (χ3n) is 1.77. The summed E-state index contributed by atoms with van der Waals surface area (Å²) in [4.78, 5) is 0. The minimum Gasteiger partial charge on any atom is -0.282 e. The molecule has 0 spiro atoms. The molecule has 3 nitrogen and oxygen atoms in total. The maximum atomic E-state index is 11.1. The molecule has 1 N–H and O–H groups in total. The molecule has 0 bridgehead atoms. The van der Waals surface area contributed by atoms with E-state index in [1.54, 1.807) is 6.07 Å². The Labute approximate surface area is 86.4 Å². The van der Waals surface area contributed by atoms with Crippen molar-refractivity contribution in [3.63, 3.8) is 0 Å². The molecule has 2 aromatic rings. The van der Waals surface area contributed by atoms with Gasteiger partial charge in [-0.3, -0.25) is 4.72 Å². The molecule has 0 radical (unpaired) electrons. The first-order chi connectivity index (χ1) is 6.56. The van der Waals surface area contributed by atoms with Crippen LogP contribution in [0.1, 0.15) is 0 Å². The molecule has 0 aliphatic rings. The lowest BCUT2D eigenvalue weighted by molar-refractivity contribution is 0.607. The standard InChI is InChI=1S/C9H9NO2S2/c1-14(11,12)10-8-4-2-3-7-5-6-13-9(7)8/h2-6,10H,1H3. The molecule has 0 aliphatic heterocycles. The van der Waals surface area contributed by atoms with Crippen molar-refractivity contribution in [1.82, 2.24) is 0 Å². The molecule has 0 saturated carbocycles. The van der Waals surface area contributed by atoms with Crippen molar-refractivity contribution in [2.24, 2.45) is 0 Å². The second-order valence-electron chi connectivity index (χ2n) is 3.02. The summed E-state index contributed by atoms with van der Waals surface area (Å²) in [7, 11) is -3.19. The number of rotatable bonds is 2. The molecule has 0 aliphatic carbocycles. The zero-order chi connectivity index (χ0) is 10.2. The molecule has 0 unspecified atom stereocenters. The van der Waals surface area contributed by atoms with E-state index in [0.717, 1.165) is 16.3 Å². The lowest BCUT2D eigenvalue weighted by Crippen LogP contribution is -2.09. The minimum absolute atomic E-state index is 0.653. The number of anilines is 1. The van der Waals surface area contributed by atoms with Gasteiger partial charge in [0, 0.05) is 0 Å². The van der Waals surface area contributed by atoms with Crippen LogP contribution in [0.4, 0.5) is 5.69 Å². The monoisotopic (exact) mass is 227 g/mol. The molecular formula is C9H9NO2S2. The maximum absolute atomic E-state index is 11.1. The fourth-order valence-corrected chi connectivity index (χ4v) is 2.78. The number of benzene rings is 1. The zero-order valence-corrected chi connectivity index (χ0v) is 9.15. The van der Waals surface area contributed by atoms with E-state index in [9.17, 15) is 8.42 Å². The van der Waals surface area contributed by atoms with Crippen molar-refractivity contribution in [2.45, 2.75) is 0 Å². The molecule has 5 heteroatoms. The molecule has 1 aromatic heterocycles. The Balaban J connectivity index is 2.57. The molecule has 0 fully saturated rings. The highest BCUT2D eigenvalue weighted by molar-refractivity contribution is 7.92. The van der Waals surface area contributed by atoms with Crippen molar-refractivity contribution < 1.29 is 8.42 Å². The minimum atomic E-state index is -3.19. The second-order valence-corrected chi connectivity index (χ2v) is 5.68. The average molecular weight is 227 g/mol. The molecule has 1 aromatic carbocycles. The number of nitrogens with one attached hydrogen (secondary N) is 1. The Morgan fingerprint density at radius 2 is 2.07 bits per heavy atom. The molecule has 0 amide bonds. The topological polar surface area (TPSA) is 46.2 Å². The number of fused-ring (bicyclic) bond motifs is 1. The Kier molecular flexibility index (Phi) is 2.20. The van der Waals surface area contributed by atoms with Gasteiger partial charge in [-0.25, -0.2) is 8.42 Å². The van der Waals surface area contributed by atoms with Crippen LogP contribution in [0.5, 0.6) is 0 Å². The van der Waals surface area contributed by atoms with Crippen LogP contribution in [-0.4, -0.2) is 14.7 Å². The lowest BCUT2D eigenvalue weighted by atomic mass is 10.2. The number of hydrogen-bond acceptors (Lipinski definition) is 3. The highest BCUT2D eigenvalue weighted by Crippen LogP contribution is 2.28. The van der Waals surface area contributed by atoms with Crippen LogP contribution in [-0.2, 0) is 10.0 Å². The third-order valence-corrected chi connectivity index (χ3v) is 3.33. The molecule has 1 heterocycles. The van der Waals surface area contributed by atoms with Gasteiger partial charge in [0.05, 0.1) is 16.6 Å². The van der Waals surface area contributed by atoms with Gasteiger partial charge in [0.1, 0.15) is 0 Å². The number of sulfonamides is 1.